The molecule has 0 unspecified atom stereocenters. The zero-order valence-corrected chi connectivity index (χ0v) is 19.5. The molecule has 0 aromatic heterocycles. The van der Waals surface area contributed by atoms with Gasteiger partial charge in [0.15, 0.2) is 0 Å². The van der Waals surface area contributed by atoms with Gasteiger partial charge in [0.1, 0.15) is 17.7 Å². The van der Waals surface area contributed by atoms with Crippen LogP contribution in [0.15, 0.2) is 48.5 Å². The number of carbonyl (C=O) groups excluding carboxylic acids is 1. The Labute approximate surface area is 195 Å². The Balaban J connectivity index is 1.40. The lowest BCUT2D eigenvalue weighted by molar-refractivity contribution is -0.140. The molecule has 180 valence electrons. The number of benzene rings is 2. The topological polar surface area (TPSA) is 38.8 Å². The first kappa shape index (κ1) is 25.3. The van der Waals surface area contributed by atoms with Crippen molar-refractivity contribution in [1.82, 2.24) is 4.90 Å². The average Bonchev–Trinajstić information content (AvgIpc) is 2.84. The number of hydrogen-bond donors (Lipinski definition) is 0. The van der Waals surface area contributed by atoms with Crippen LogP contribution in [0, 0.1) is 17.6 Å². The molecule has 0 aliphatic carbocycles. The first-order chi connectivity index (χ1) is 16.0. The third kappa shape index (κ3) is 8.52. The lowest BCUT2D eigenvalue weighted by Gasteiger charge is -2.32. The highest BCUT2D eigenvalue weighted by Crippen LogP contribution is 2.27. The first-order valence-corrected chi connectivity index (χ1v) is 12.0. The number of nitrogens with zero attached hydrogens (tertiary/aromatic N) is 1. The molecule has 1 saturated heterocycles. The van der Waals surface area contributed by atoms with Crippen molar-refractivity contribution >= 4 is 5.97 Å². The van der Waals surface area contributed by atoms with Crippen molar-refractivity contribution in [2.75, 3.05) is 33.4 Å². The van der Waals surface area contributed by atoms with E-state index in [1.54, 1.807) is 24.3 Å². The predicted octanol–water partition coefficient (Wildman–Crippen LogP) is 5.91. The normalized spacial score (nSPS) is 15.2. The van der Waals surface area contributed by atoms with Crippen molar-refractivity contribution in [3.8, 4) is 0 Å². The number of ether oxygens (including phenoxy) is 2. The van der Waals surface area contributed by atoms with Crippen LogP contribution in [0.1, 0.15) is 62.2 Å². The molecular weight excluding hydrogens is 424 g/mol. The van der Waals surface area contributed by atoms with Gasteiger partial charge >= 0.3 is 5.97 Å². The van der Waals surface area contributed by atoms with Gasteiger partial charge in [-0.2, -0.15) is 0 Å². The van der Waals surface area contributed by atoms with E-state index >= 15 is 0 Å². The molecule has 0 saturated carbocycles. The Hall–Kier alpha value is -2.31. The van der Waals surface area contributed by atoms with Crippen LogP contribution in [0.2, 0.25) is 0 Å². The number of piperidine rings is 1. The van der Waals surface area contributed by atoms with E-state index in [2.05, 4.69) is 9.64 Å². The van der Waals surface area contributed by atoms with Crippen LogP contribution < -0.4 is 0 Å². The van der Waals surface area contributed by atoms with Gasteiger partial charge in [-0.25, -0.2) is 8.78 Å². The van der Waals surface area contributed by atoms with Gasteiger partial charge in [0, 0.05) is 13.0 Å². The molecule has 0 amide bonds. The van der Waals surface area contributed by atoms with Crippen LogP contribution >= 0.6 is 0 Å². The van der Waals surface area contributed by atoms with Crippen molar-refractivity contribution in [2.45, 2.75) is 51.0 Å². The van der Waals surface area contributed by atoms with Gasteiger partial charge < -0.3 is 14.4 Å². The summed E-state index contributed by atoms with van der Waals surface area (Å²) < 4.78 is 37.7. The van der Waals surface area contributed by atoms with Gasteiger partial charge in [-0.15, -0.1) is 0 Å². The molecule has 1 fully saturated rings. The SMILES string of the molecule is COC(=O)CCCCCC1CCN(CCOC(c2ccc(F)cc2)c2ccc(F)cc2)CC1. The van der Waals surface area contributed by atoms with E-state index in [-0.39, 0.29) is 23.7 Å². The maximum atomic E-state index is 13.4. The number of esters is 1. The largest absolute Gasteiger partial charge is 0.469 e. The summed E-state index contributed by atoms with van der Waals surface area (Å²) in [7, 11) is 1.44. The van der Waals surface area contributed by atoms with Gasteiger partial charge in [-0.05, 0) is 73.7 Å². The summed E-state index contributed by atoms with van der Waals surface area (Å²) in [4.78, 5) is 13.6. The quantitative estimate of drug-likeness (QED) is 0.292. The number of halogens is 2. The van der Waals surface area contributed by atoms with E-state index in [9.17, 15) is 13.6 Å². The Morgan fingerprint density at radius 3 is 2.06 bits per heavy atom. The molecule has 4 nitrogen and oxygen atoms in total. The van der Waals surface area contributed by atoms with E-state index in [1.165, 1.54) is 57.1 Å². The zero-order chi connectivity index (χ0) is 23.5. The van der Waals surface area contributed by atoms with Crippen molar-refractivity contribution in [2.24, 2.45) is 5.92 Å². The van der Waals surface area contributed by atoms with Gasteiger partial charge in [0.05, 0.1) is 13.7 Å². The smallest absolute Gasteiger partial charge is 0.305 e. The van der Waals surface area contributed by atoms with E-state index in [0.717, 1.165) is 49.5 Å². The molecule has 33 heavy (non-hydrogen) atoms. The lowest BCUT2D eigenvalue weighted by Crippen LogP contribution is -2.36. The molecule has 2 aromatic carbocycles. The van der Waals surface area contributed by atoms with Gasteiger partial charge in [0.2, 0.25) is 0 Å². The fourth-order valence-corrected chi connectivity index (χ4v) is 4.44. The van der Waals surface area contributed by atoms with E-state index in [1.807, 2.05) is 0 Å². The molecule has 0 radical (unpaired) electrons. The summed E-state index contributed by atoms with van der Waals surface area (Å²) in [5, 5.41) is 0. The van der Waals surface area contributed by atoms with E-state index in [4.69, 9.17) is 4.74 Å². The molecule has 3 rings (SSSR count). The minimum atomic E-state index is -0.353. The summed E-state index contributed by atoms with van der Waals surface area (Å²) in [5.41, 5.74) is 1.71. The van der Waals surface area contributed by atoms with Crippen molar-refractivity contribution in [1.29, 1.82) is 0 Å². The maximum absolute atomic E-state index is 13.4. The monoisotopic (exact) mass is 459 g/mol. The van der Waals surface area contributed by atoms with E-state index < -0.39 is 0 Å². The second-order valence-corrected chi connectivity index (χ2v) is 8.81. The fourth-order valence-electron chi connectivity index (χ4n) is 4.44. The summed E-state index contributed by atoms with van der Waals surface area (Å²) in [6.07, 6.45) is 6.93. The molecule has 1 aliphatic rings. The number of likely N-dealkylation sites (tertiary alicyclic amines) is 1. The number of rotatable bonds is 12. The van der Waals surface area contributed by atoms with Crippen LogP contribution in [0.5, 0.6) is 0 Å². The average molecular weight is 460 g/mol. The summed E-state index contributed by atoms with van der Waals surface area (Å²) in [6, 6.07) is 12.6. The number of methoxy groups -OCH3 is 1. The molecule has 1 aliphatic heterocycles. The maximum Gasteiger partial charge on any atom is 0.305 e. The van der Waals surface area contributed by atoms with E-state index in [0.29, 0.717) is 13.0 Å². The summed E-state index contributed by atoms with van der Waals surface area (Å²) in [6.45, 7) is 3.52. The Bertz CT molecular complexity index is 788. The fraction of sp³-hybridized carbons (Fsp3) is 0.519. The summed E-state index contributed by atoms with van der Waals surface area (Å²) >= 11 is 0. The number of carbonyl (C=O) groups is 1. The second kappa shape index (κ2) is 13.4. The molecular formula is C27H35F2NO3. The van der Waals surface area contributed by atoms with Gasteiger partial charge in [0.25, 0.3) is 0 Å². The van der Waals surface area contributed by atoms with Crippen LogP contribution in [-0.4, -0.2) is 44.2 Å². The highest BCUT2D eigenvalue weighted by atomic mass is 19.1. The van der Waals surface area contributed by atoms with Crippen molar-refractivity contribution in [3.05, 3.63) is 71.3 Å². The summed E-state index contributed by atoms with van der Waals surface area (Å²) in [5.74, 6) is 0.0592. The predicted molar refractivity (Wildman–Crippen MR) is 125 cm³/mol. The minimum Gasteiger partial charge on any atom is -0.469 e. The molecule has 0 bridgehead atoms. The standard InChI is InChI=1S/C27H35F2NO3/c1-32-26(31)6-4-2-3-5-21-15-17-30(18-16-21)19-20-33-27(22-7-11-24(28)12-8-22)23-9-13-25(29)14-10-23/h7-14,21,27H,2-6,15-20H2,1H3. The van der Waals surface area contributed by atoms with Crippen LogP contribution in [-0.2, 0) is 14.3 Å². The number of unbranched alkanes of at least 4 members (excludes halogenated alkanes) is 2. The Morgan fingerprint density at radius 1 is 0.939 bits per heavy atom. The van der Waals surface area contributed by atoms with Gasteiger partial charge in [-0.3, -0.25) is 4.79 Å². The molecule has 1 heterocycles. The van der Waals surface area contributed by atoms with Crippen LogP contribution in [0.3, 0.4) is 0 Å². The first-order valence-electron chi connectivity index (χ1n) is 12.0. The molecule has 6 heteroatoms. The van der Waals surface area contributed by atoms with Gasteiger partial charge in [-0.1, -0.05) is 43.5 Å². The molecule has 2 aromatic rings. The molecule has 0 N–H and O–H groups in total. The van der Waals surface area contributed by atoms with Crippen LogP contribution in [0.25, 0.3) is 0 Å². The molecule has 0 atom stereocenters. The van der Waals surface area contributed by atoms with Crippen molar-refractivity contribution in [3.63, 3.8) is 0 Å². The molecule has 0 spiro atoms. The Morgan fingerprint density at radius 2 is 1.52 bits per heavy atom. The second-order valence-electron chi connectivity index (χ2n) is 8.81. The number of hydrogen-bond acceptors (Lipinski definition) is 4. The lowest BCUT2D eigenvalue weighted by atomic mass is 9.91. The minimum absolute atomic E-state index is 0.119. The Kier molecular flexibility index (Phi) is 10.3. The highest BCUT2D eigenvalue weighted by Gasteiger charge is 2.20. The third-order valence-electron chi connectivity index (χ3n) is 6.47. The third-order valence-corrected chi connectivity index (χ3v) is 6.47. The highest BCUT2D eigenvalue weighted by molar-refractivity contribution is 5.68. The zero-order valence-electron chi connectivity index (χ0n) is 19.5. The van der Waals surface area contributed by atoms with Crippen LogP contribution in [0.4, 0.5) is 8.78 Å². The van der Waals surface area contributed by atoms with Crippen molar-refractivity contribution < 1.29 is 23.0 Å².